The van der Waals surface area contributed by atoms with Crippen LogP contribution in [-0.2, 0) is 6.42 Å². The molecule has 1 aromatic carbocycles. The molecule has 3 nitrogen and oxygen atoms in total. The Balaban J connectivity index is 1.68. The molecule has 0 amide bonds. The van der Waals surface area contributed by atoms with Gasteiger partial charge in [-0.1, -0.05) is 30.3 Å². The molecule has 94 valence electrons. The van der Waals surface area contributed by atoms with Crippen molar-refractivity contribution in [3.05, 3.63) is 35.9 Å². The highest BCUT2D eigenvalue weighted by Gasteiger charge is 2.48. The quantitative estimate of drug-likeness (QED) is 0.869. The molecule has 2 atom stereocenters. The largest absolute Gasteiger partial charge is 0.308 e. The van der Waals surface area contributed by atoms with Gasteiger partial charge in [0.25, 0.3) is 0 Å². The van der Waals surface area contributed by atoms with E-state index in [2.05, 4.69) is 46.6 Å². The predicted octanol–water partition coefficient (Wildman–Crippen LogP) is 1.56. The predicted molar refractivity (Wildman–Crippen MR) is 71.1 cm³/mol. The van der Waals surface area contributed by atoms with Crippen molar-refractivity contribution in [3.8, 4) is 6.07 Å². The lowest BCUT2D eigenvalue weighted by atomic mass is 9.91. The minimum atomic E-state index is 0.251. The standard InChI is InChI=1S/C15H19N3/c16-7-4-8-18-12-15(10-14(18)11-17-15)9-13-5-2-1-3-6-13/h1-3,5-6,14,17H,4,8-12H2. The normalized spacial score (nSPS) is 30.5. The molecule has 1 aromatic rings. The van der Waals surface area contributed by atoms with Crippen LogP contribution in [0.1, 0.15) is 18.4 Å². The van der Waals surface area contributed by atoms with E-state index >= 15 is 0 Å². The topological polar surface area (TPSA) is 39.1 Å². The van der Waals surface area contributed by atoms with Crippen molar-refractivity contribution in [2.24, 2.45) is 0 Å². The maximum absolute atomic E-state index is 8.70. The molecule has 2 aliphatic heterocycles. The third kappa shape index (κ3) is 2.14. The molecule has 2 bridgehead atoms. The van der Waals surface area contributed by atoms with Crippen LogP contribution in [0.4, 0.5) is 0 Å². The number of nitrogens with zero attached hydrogens (tertiary/aromatic N) is 2. The molecular weight excluding hydrogens is 222 g/mol. The van der Waals surface area contributed by atoms with Crippen LogP contribution >= 0.6 is 0 Å². The van der Waals surface area contributed by atoms with Gasteiger partial charge in [-0.25, -0.2) is 0 Å². The number of fused-ring (bicyclic) bond motifs is 2. The van der Waals surface area contributed by atoms with E-state index in [1.54, 1.807) is 0 Å². The fraction of sp³-hybridized carbons (Fsp3) is 0.533. The van der Waals surface area contributed by atoms with E-state index < -0.39 is 0 Å². The molecule has 0 aromatic heterocycles. The summed E-state index contributed by atoms with van der Waals surface area (Å²) in [7, 11) is 0. The fourth-order valence-corrected chi connectivity index (χ4v) is 3.46. The summed E-state index contributed by atoms with van der Waals surface area (Å²) in [4.78, 5) is 2.49. The lowest BCUT2D eigenvalue weighted by molar-refractivity contribution is 0.200. The lowest BCUT2D eigenvalue weighted by Gasteiger charge is -2.33. The summed E-state index contributed by atoms with van der Waals surface area (Å²) in [5.41, 5.74) is 1.66. The molecule has 2 aliphatic rings. The number of piperazine rings is 1. The summed E-state index contributed by atoms with van der Waals surface area (Å²) in [6.45, 7) is 3.10. The van der Waals surface area contributed by atoms with Crippen molar-refractivity contribution < 1.29 is 0 Å². The van der Waals surface area contributed by atoms with Crippen molar-refractivity contribution in [2.45, 2.75) is 30.8 Å². The van der Waals surface area contributed by atoms with Gasteiger partial charge in [-0.05, 0) is 18.4 Å². The second-order valence-corrected chi connectivity index (χ2v) is 5.56. The van der Waals surface area contributed by atoms with Gasteiger partial charge in [-0.2, -0.15) is 5.26 Å². The minimum absolute atomic E-state index is 0.251. The van der Waals surface area contributed by atoms with Crippen molar-refractivity contribution in [2.75, 3.05) is 19.6 Å². The Bertz CT molecular complexity index is 451. The highest BCUT2D eigenvalue weighted by molar-refractivity contribution is 5.22. The van der Waals surface area contributed by atoms with Crippen LogP contribution in [-0.4, -0.2) is 36.1 Å². The first-order valence-corrected chi connectivity index (χ1v) is 6.71. The summed E-state index contributed by atoms with van der Waals surface area (Å²) in [5, 5.41) is 12.4. The molecule has 3 rings (SSSR count). The van der Waals surface area contributed by atoms with E-state index in [9.17, 15) is 0 Å². The van der Waals surface area contributed by atoms with Crippen LogP contribution in [0.3, 0.4) is 0 Å². The molecule has 18 heavy (non-hydrogen) atoms. The van der Waals surface area contributed by atoms with Gasteiger partial charge < -0.3 is 5.32 Å². The Morgan fingerprint density at radius 2 is 2.22 bits per heavy atom. The van der Waals surface area contributed by atoms with Gasteiger partial charge in [0, 0.05) is 37.6 Å². The Morgan fingerprint density at radius 1 is 1.39 bits per heavy atom. The highest BCUT2D eigenvalue weighted by atomic mass is 15.3. The average Bonchev–Trinajstić information content (AvgIpc) is 2.95. The molecule has 2 unspecified atom stereocenters. The van der Waals surface area contributed by atoms with Crippen molar-refractivity contribution in [1.29, 1.82) is 5.26 Å². The zero-order valence-electron chi connectivity index (χ0n) is 10.6. The van der Waals surface area contributed by atoms with Gasteiger partial charge in [-0.15, -0.1) is 0 Å². The number of rotatable bonds is 4. The minimum Gasteiger partial charge on any atom is -0.308 e. The second-order valence-electron chi connectivity index (χ2n) is 5.56. The molecule has 0 aliphatic carbocycles. The number of benzene rings is 1. The maximum atomic E-state index is 8.70. The number of likely N-dealkylation sites (tertiary alicyclic amines) is 1. The smallest absolute Gasteiger partial charge is 0.0635 e. The Labute approximate surface area is 108 Å². The number of nitrogens with one attached hydrogen (secondary N) is 1. The van der Waals surface area contributed by atoms with E-state index in [0.717, 1.165) is 26.1 Å². The van der Waals surface area contributed by atoms with Gasteiger partial charge >= 0.3 is 0 Å². The first-order valence-electron chi connectivity index (χ1n) is 6.71. The third-order valence-corrected chi connectivity index (χ3v) is 4.26. The van der Waals surface area contributed by atoms with Gasteiger partial charge in [-0.3, -0.25) is 4.90 Å². The van der Waals surface area contributed by atoms with Crippen molar-refractivity contribution in [1.82, 2.24) is 10.2 Å². The SMILES string of the molecule is N#CCCN1CC2(Cc3ccccc3)CC1CN2. The second kappa shape index (κ2) is 4.72. The molecule has 1 N–H and O–H groups in total. The van der Waals surface area contributed by atoms with Crippen LogP contribution in [0.25, 0.3) is 0 Å². The zero-order valence-corrected chi connectivity index (χ0v) is 10.6. The van der Waals surface area contributed by atoms with E-state index in [1.807, 2.05) is 0 Å². The molecular formula is C15H19N3. The van der Waals surface area contributed by atoms with Crippen LogP contribution in [0.5, 0.6) is 0 Å². The molecule has 2 saturated heterocycles. The summed E-state index contributed by atoms with van der Waals surface area (Å²) in [6.07, 6.45) is 2.98. The zero-order chi connectivity index (χ0) is 12.4. The molecule has 0 saturated carbocycles. The summed E-state index contributed by atoms with van der Waals surface area (Å²) in [5.74, 6) is 0. The molecule has 0 spiro atoms. The van der Waals surface area contributed by atoms with E-state index in [1.165, 1.54) is 12.0 Å². The molecule has 3 heteroatoms. The van der Waals surface area contributed by atoms with E-state index in [-0.39, 0.29) is 5.54 Å². The van der Waals surface area contributed by atoms with Crippen LogP contribution in [0.15, 0.2) is 30.3 Å². The Kier molecular flexibility index (Phi) is 3.07. The lowest BCUT2D eigenvalue weighted by Crippen LogP contribution is -2.52. The van der Waals surface area contributed by atoms with Gasteiger partial charge in [0.05, 0.1) is 6.07 Å². The Morgan fingerprint density at radius 3 is 3.00 bits per heavy atom. The summed E-state index contributed by atoms with van der Waals surface area (Å²) >= 11 is 0. The first kappa shape index (κ1) is 11.7. The van der Waals surface area contributed by atoms with Crippen LogP contribution < -0.4 is 5.32 Å². The van der Waals surface area contributed by atoms with E-state index in [0.29, 0.717) is 12.5 Å². The average molecular weight is 241 g/mol. The molecule has 2 fully saturated rings. The van der Waals surface area contributed by atoms with Crippen molar-refractivity contribution >= 4 is 0 Å². The maximum Gasteiger partial charge on any atom is 0.0635 e. The monoisotopic (exact) mass is 241 g/mol. The van der Waals surface area contributed by atoms with E-state index in [4.69, 9.17) is 5.26 Å². The molecule has 0 radical (unpaired) electrons. The summed E-state index contributed by atoms with van der Waals surface area (Å²) < 4.78 is 0. The van der Waals surface area contributed by atoms with Gasteiger partial charge in [0.2, 0.25) is 0 Å². The Hall–Kier alpha value is -1.37. The first-order chi connectivity index (χ1) is 8.81. The van der Waals surface area contributed by atoms with Crippen LogP contribution in [0.2, 0.25) is 0 Å². The van der Waals surface area contributed by atoms with Crippen molar-refractivity contribution in [3.63, 3.8) is 0 Å². The van der Waals surface area contributed by atoms with Gasteiger partial charge in [0.1, 0.15) is 0 Å². The number of hydrogen-bond acceptors (Lipinski definition) is 3. The third-order valence-electron chi connectivity index (χ3n) is 4.26. The molecule has 2 heterocycles. The van der Waals surface area contributed by atoms with Gasteiger partial charge in [0.15, 0.2) is 0 Å². The number of nitriles is 1. The fourth-order valence-electron chi connectivity index (χ4n) is 3.46. The summed E-state index contributed by atoms with van der Waals surface area (Å²) in [6, 6.07) is 13.6. The highest BCUT2D eigenvalue weighted by Crippen LogP contribution is 2.35. The number of hydrogen-bond donors (Lipinski definition) is 1. The van der Waals surface area contributed by atoms with Crippen LogP contribution in [0, 0.1) is 11.3 Å².